The first kappa shape index (κ1) is 16.5. The Kier molecular flexibility index (Phi) is 5.12. The third-order valence-electron chi connectivity index (χ3n) is 3.35. The Balaban J connectivity index is 1.56. The number of nitrogens with one attached hydrogen (secondary N) is 2. The number of rotatable bonds is 7. The zero-order chi connectivity index (χ0) is 16.8. The van der Waals surface area contributed by atoms with Crippen molar-refractivity contribution in [1.82, 2.24) is 4.98 Å². The van der Waals surface area contributed by atoms with Crippen LogP contribution in [-0.2, 0) is 16.4 Å². The first-order chi connectivity index (χ1) is 11.6. The standard InChI is InChI=1S/C17H17N3O2S2/c21-24(22,17-7-4-12-23-17)20-16-9-8-15(13-19-16)18-11-10-14-5-2-1-3-6-14/h1-9,12-13,18H,10-11H2,(H,19,20). The number of anilines is 2. The highest BCUT2D eigenvalue weighted by Gasteiger charge is 2.15. The number of hydrogen-bond donors (Lipinski definition) is 2. The quantitative estimate of drug-likeness (QED) is 0.676. The highest BCUT2D eigenvalue weighted by Crippen LogP contribution is 2.19. The van der Waals surface area contributed by atoms with Crippen molar-refractivity contribution < 1.29 is 8.42 Å². The van der Waals surface area contributed by atoms with Crippen LogP contribution >= 0.6 is 11.3 Å². The van der Waals surface area contributed by atoms with Gasteiger partial charge in [-0.05, 0) is 35.6 Å². The lowest BCUT2D eigenvalue weighted by molar-refractivity contribution is 0.603. The predicted octanol–water partition coefficient (Wildman–Crippen LogP) is 3.60. The molecular weight excluding hydrogens is 342 g/mol. The van der Waals surface area contributed by atoms with Crippen LogP contribution in [0.3, 0.4) is 0 Å². The van der Waals surface area contributed by atoms with E-state index in [-0.39, 0.29) is 4.21 Å². The molecule has 5 nitrogen and oxygen atoms in total. The molecule has 0 unspecified atom stereocenters. The topological polar surface area (TPSA) is 71.1 Å². The number of pyridine rings is 1. The molecule has 0 radical (unpaired) electrons. The van der Waals surface area contributed by atoms with Crippen LogP contribution in [0, 0.1) is 0 Å². The van der Waals surface area contributed by atoms with Gasteiger partial charge >= 0.3 is 0 Å². The number of sulfonamides is 1. The van der Waals surface area contributed by atoms with E-state index >= 15 is 0 Å². The fourth-order valence-corrected chi connectivity index (χ4v) is 4.16. The van der Waals surface area contributed by atoms with Crippen molar-refractivity contribution in [1.29, 1.82) is 0 Å². The van der Waals surface area contributed by atoms with Crippen LogP contribution in [0.2, 0.25) is 0 Å². The molecule has 0 aliphatic rings. The second-order valence-electron chi connectivity index (χ2n) is 5.13. The van der Waals surface area contributed by atoms with Crippen LogP contribution in [0.25, 0.3) is 0 Å². The summed E-state index contributed by atoms with van der Waals surface area (Å²) >= 11 is 1.17. The molecule has 0 saturated heterocycles. The van der Waals surface area contributed by atoms with E-state index in [2.05, 4.69) is 27.2 Å². The van der Waals surface area contributed by atoms with E-state index in [1.807, 2.05) is 24.3 Å². The molecule has 0 spiro atoms. The summed E-state index contributed by atoms with van der Waals surface area (Å²) in [4.78, 5) is 4.15. The van der Waals surface area contributed by atoms with Gasteiger partial charge in [-0.15, -0.1) is 11.3 Å². The van der Waals surface area contributed by atoms with Crippen molar-refractivity contribution in [2.45, 2.75) is 10.6 Å². The summed E-state index contributed by atoms with van der Waals surface area (Å²) in [5, 5.41) is 5.00. The minimum Gasteiger partial charge on any atom is -0.383 e. The monoisotopic (exact) mass is 359 g/mol. The van der Waals surface area contributed by atoms with Crippen LogP contribution in [-0.4, -0.2) is 19.9 Å². The molecular formula is C17H17N3O2S2. The van der Waals surface area contributed by atoms with E-state index in [1.165, 1.54) is 16.9 Å². The Hall–Kier alpha value is -2.38. The first-order valence-electron chi connectivity index (χ1n) is 7.44. The van der Waals surface area contributed by atoms with Gasteiger partial charge in [-0.25, -0.2) is 13.4 Å². The van der Waals surface area contributed by atoms with Crippen molar-refractivity contribution in [2.24, 2.45) is 0 Å². The van der Waals surface area contributed by atoms with Crippen molar-refractivity contribution in [3.63, 3.8) is 0 Å². The lowest BCUT2D eigenvalue weighted by Crippen LogP contribution is -2.12. The maximum absolute atomic E-state index is 12.1. The van der Waals surface area contributed by atoms with Gasteiger partial charge in [0.25, 0.3) is 10.0 Å². The zero-order valence-electron chi connectivity index (χ0n) is 12.8. The number of aromatic nitrogens is 1. The molecule has 7 heteroatoms. The van der Waals surface area contributed by atoms with E-state index in [0.29, 0.717) is 5.82 Å². The zero-order valence-corrected chi connectivity index (χ0v) is 14.5. The van der Waals surface area contributed by atoms with Gasteiger partial charge in [0.1, 0.15) is 10.0 Å². The van der Waals surface area contributed by atoms with E-state index in [4.69, 9.17) is 0 Å². The fraction of sp³-hybridized carbons (Fsp3) is 0.118. The average molecular weight is 359 g/mol. The minimum absolute atomic E-state index is 0.273. The van der Waals surface area contributed by atoms with Gasteiger partial charge in [-0.3, -0.25) is 4.72 Å². The molecule has 124 valence electrons. The highest BCUT2D eigenvalue weighted by atomic mass is 32.2. The molecule has 2 N–H and O–H groups in total. The molecule has 0 aliphatic carbocycles. The first-order valence-corrected chi connectivity index (χ1v) is 9.80. The van der Waals surface area contributed by atoms with Crippen LogP contribution < -0.4 is 10.0 Å². The maximum Gasteiger partial charge on any atom is 0.272 e. The van der Waals surface area contributed by atoms with Gasteiger partial charge in [0.05, 0.1) is 11.9 Å². The van der Waals surface area contributed by atoms with E-state index in [0.717, 1.165) is 18.7 Å². The second-order valence-corrected chi connectivity index (χ2v) is 7.99. The summed E-state index contributed by atoms with van der Waals surface area (Å²) in [7, 11) is -3.55. The Morgan fingerprint density at radius 1 is 1.00 bits per heavy atom. The largest absolute Gasteiger partial charge is 0.383 e. The summed E-state index contributed by atoms with van der Waals surface area (Å²) in [5.41, 5.74) is 2.11. The molecule has 3 aromatic rings. The second kappa shape index (κ2) is 7.46. The minimum atomic E-state index is -3.55. The molecule has 0 fully saturated rings. The van der Waals surface area contributed by atoms with Crippen molar-refractivity contribution >= 4 is 32.9 Å². The van der Waals surface area contributed by atoms with Crippen LogP contribution in [0.15, 0.2) is 70.4 Å². The summed E-state index contributed by atoms with van der Waals surface area (Å²) in [6.07, 6.45) is 2.53. The molecule has 1 aromatic carbocycles. The van der Waals surface area contributed by atoms with Crippen molar-refractivity contribution in [3.05, 3.63) is 71.7 Å². The van der Waals surface area contributed by atoms with Gasteiger partial charge in [0, 0.05) is 6.54 Å². The Morgan fingerprint density at radius 2 is 1.83 bits per heavy atom. The smallest absolute Gasteiger partial charge is 0.272 e. The number of thiophene rings is 1. The molecule has 3 rings (SSSR count). The summed E-state index contributed by atoms with van der Waals surface area (Å²) in [5.74, 6) is 0.303. The molecule has 0 amide bonds. The third kappa shape index (κ3) is 4.33. The van der Waals surface area contributed by atoms with E-state index in [9.17, 15) is 8.42 Å². The van der Waals surface area contributed by atoms with Gasteiger partial charge in [-0.1, -0.05) is 36.4 Å². The Bertz CT molecular complexity index is 862. The summed E-state index contributed by atoms with van der Waals surface area (Å²) in [6.45, 7) is 0.784. The van der Waals surface area contributed by atoms with Gasteiger partial charge in [0.2, 0.25) is 0 Å². The number of nitrogens with zero attached hydrogens (tertiary/aromatic N) is 1. The van der Waals surface area contributed by atoms with Crippen molar-refractivity contribution in [3.8, 4) is 0 Å². The molecule has 0 saturated carbocycles. The predicted molar refractivity (Wildman–Crippen MR) is 98.0 cm³/mol. The molecule has 2 heterocycles. The van der Waals surface area contributed by atoms with Crippen LogP contribution in [0.5, 0.6) is 0 Å². The number of benzene rings is 1. The maximum atomic E-state index is 12.1. The number of hydrogen-bond acceptors (Lipinski definition) is 5. The molecule has 2 aromatic heterocycles. The van der Waals surface area contributed by atoms with Crippen LogP contribution in [0.1, 0.15) is 5.56 Å². The van der Waals surface area contributed by atoms with E-state index < -0.39 is 10.0 Å². The normalized spacial score (nSPS) is 11.2. The SMILES string of the molecule is O=S(=O)(Nc1ccc(NCCc2ccccc2)cn1)c1cccs1. The van der Waals surface area contributed by atoms with Crippen molar-refractivity contribution in [2.75, 3.05) is 16.6 Å². The highest BCUT2D eigenvalue weighted by molar-refractivity contribution is 7.94. The summed E-state index contributed by atoms with van der Waals surface area (Å²) in [6, 6.07) is 16.9. The lowest BCUT2D eigenvalue weighted by Gasteiger charge is -2.08. The van der Waals surface area contributed by atoms with Gasteiger partial charge in [-0.2, -0.15) is 0 Å². The molecule has 0 bridgehead atoms. The molecule has 0 aliphatic heterocycles. The van der Waals surface area contributed by atoms with Gasteiger partial charge in [0.15, 0.2) is 0 Å². The molecule has 24 heavy (non-hydrogen) atoms. The lowest BCUT2D eigenvalue weighted by atomic mass is 10.1. The summed E-state index contributed by atoms with van der Waals surface area (Å²) < 4.78 is 27.0. The van der Waals surface area contributed by atoms with E-state index in [1.54, 1.807) is 29.8 Å². The Morgan fingerprint density at radius 3 is 2.50 bits per heavy atom. The van der Waals surface area contributed by atoms with Crippen LogP contribution in [0.4, 0.5) is 11.5 Å². The molecule has 0 atom stereocenters. The average Bonchev–Trinajstić information content (AvgIpc) is 3.13. The third-order valence-corrected chi connectivity index (χ3v) is 6.10. The van der Waals surface area contributed by atoms with Gasteiger partial charge < -0.3 is 5.32 Å². The Labute approximate surface area is 145 Å². The fourth-order valence-electron chi connectivity index (χ4n) is 2.16.